The van der Waals surface area contributed by atoms with E-state index in [2.05, 4.69) is 25.6 Å². The SMILES string of the molecule is Cc1n[nH]c(O)c1/N=N/c1cc(C(C)(C)C)on1. The van der Waals surface area contributed by atoms with E-state index in [1.165, 1.54) is 0 Å². The highest BCUT2D eigenvalue weighted by molar-refractivity contribution is 5.49. The van der Waals surface area contributed by atoms with E-state index < -0.39 is 0 Å². The summed E-state index contributed by atoms with van der Waals surface area (Å²) in [5.74, 6) is 0.973. The van der Waals surface area contributed by atoms with Crippen LogP contribution in [-0.2, 0) is 5.41 Å². The van der Waals surface area contributed by atoms with E-state index in [0.717, 1.165) is 5.76 Å². The zero-order valence-corrected chi connectivity index (χ0v) is 10.7. The molecular formula is C11H15N5O2. The van der Waals surface area contributed by atoms with E-state index in [9.17, 15) is 5.11 Å². The second kappa shape index (κ2) is 4.25. The van der Waals surface area contributed by atoms with Gasteiger partial charge in [-0.05, 0) is 6.92 Å². The van der Waals surface area contributed by atoms with Gasteiger partial charge in [-0.2, -0.15) is 5.10 Å². The molecule has 0 atom stereocenters. The Balaban J connectivity index is 2.22. The van der Waals surface area contributed by atoms with E-state index in [-0.39, 0.29) is 11.3 Å². The third kappa shape index (κ3) is 2.39. The minimum Gasteiger partial charge on any atom is -0.492 e. The van der Waals surface area contributed by atoms with Crippen LogP contribution in [0.4, 0.5) is 11.5 Å². The summed E-state index contributed by atoms with van der Waals surface area (Å²) in [7, 11) is 0. The smallest absolute Gasteiger partial charge is 0.235 e. The predicted molar refractivity (Wildman–Crippen MR) is 64.4 cm³/mol. The largest absolute Gasteiger partial charge is 0.492 e. The minimum atomic E-state index is -0.130. The van der Waals surface area contributed by atoms with Crippen molar-refractivity contribution in [3.63, 3.8) is 0 Å². The molecule has 0 unspecified atom stereocenters. The summed E-state index contributed by atoms with van der Waals surface area (Å²) in [6.45, 7) is 7.76. The molecule has 96 valence electrons. The molecule has 0 aliphatic rings. The van der Waals surface area contributed by atoms with E-state index in [4.69, 9.17) is 4.52 Å². The molecule has 0 radical (unpaired) electrons. The number of azo groups is 1. The fraction of sp³-hybridized carbons (Fsp3) is 0.455. The molecule has 0 fully saturated rings. The molecule has 0 spiro atoms. The molecule has 0 amide bonds. The van der Waals surface area contributed by atoms with E-state index in [0.29, 0.717) is 17.2 Å². The van der Waals surface area contributed by atoms with Crippen LogP contribution in [0, 0.1) is 6.92 Å². The van der Waals surface area contributed by atoms with Crippen LogP contribution in [0.15, 0.2) is 20.8 Å². The van der Waals surface area contributed by atoms with Crippen LogP contribution in [-0.4, -0.2) is 20.5 Å². The van der Waals surface area contributed by atoms with Gasteiger partial charge in [0.05, 0.1) is 5.69 Å². The van der Waals surface area contributed by atoms with Gasteiger partial charge in [-0.25, -0.2) is 5.10 Å². The molecule has 2 heterocycles. The zero-order chi connectivity index (χ0) is 13.3. The summed E-state index contributed by atoms with van der Waals surface area (Å²) in [4.78, 5) is 0. The summed E-state index contributed by atoms with van der Waals surface area (Å²) in [5, 5.41) is 27.2. The Kier molecular flexibility index (Phi) is 2.90. The van der Waals surface area contributed by atoms with Gasteiger partial charge in [0, 0.05) is 11.5 Å². The molecule has 2 aromatic rings. The topological polar surface area (TPSA) is 99.7 Å². The zero-order valence-electron chi connectivity index (χ0n) is 10.7. The summed E-state index contributed by atoms with van der Waals surface area (Å²) in [5.41, 5.74) is 0.736. The van der Waals surface area contributed by atoms with Crippen LogP contribution in [0.1, 0.15) is 32.2 Å². The fourth-order valence-electron chi connectivity index (χ4n) is 1.30. The number of aryl methyl sites for hydroxylation is 1. The van der Waals surface area contributed by atoms with Gasteiger partial charge in [-0.15, -0.1) is 10.2 Å². The number of hydrogen-bond acceptors (Lipinski definition) is 6. The van der Waals surface area contributed by atoms with Crippen molar-refractivity contribution in [3.8, 4) is 5.88 Å². The molecule has 7 heteroatoms. The number of aromatic amines is 1. The van der Waals surface area contributed by atoms with Crippen molar-refractivity contribution >= 4 is 11.5 Å². The van der Waals surface area contributed by atoms with Gasteiger partial charge in [0.15, 0.2) is 5.69 Å². The second-order valence-corrected chi connectivity index (χ2v) is 5.01. The third-order valence-corrected chi connectivity index (χ3v) is 2.39. The van der Waals surface area contributed by atoms with E-state index in [1.807, 2.05) is 20.8 Å². The highest BCUT2D eigenvalue weighted by Gasteiger charge is 2.19. The lowest BCUT2D eigenvalue weighted by molar-refractivity contribution is 0.330. The predicted octanol–water partition coefficient (Wildman–Crippen LogP) is 3.12. The molecule has 2 rings (SSSR count). The third-order valence-electron chi connectivity index (χ3n) is 2.39. The van der Waals surface area contributed by atoms with Gasteiger partial charge >= 0.3 is 0 Å². The molecule has 0 aliphatic carbocycles. The Labute approximate surface area is 104 Å². The number of hydrogen-bond donors (Lipinski definition) is 2. The van der Waals surface area contributed by atoms with Crippen molar-refractivity contribution in [3.05, 3.63) is 17.5 Å². The summed E-state index contributed by atoms with van der Waals surface area (Å²) in [6, 6.07) is 1.72. The van der Waals surface area contributed by atoms with Gasteiger partial charge in [0.1, 0.15) is 5.76 Å². The number of H-pyrrole nitrogens is 1. The second-order valence-electron chi connectivity index (χ2n) is 5.01. The van der Waals surface area contributed by atoms with Crippen molar-refractivity contribution in [2.75, 3.05) is 0 Å². The lowest BCUT2D eigenvalue weighted by Crippen LogP contribution is -2.08. The molecule has 7 nitrogen and oxygen atoms in total. The maximum absolute atomic E-state index is 9.43. The van der Waals surface area contributed by atoms with Gasteiger partial charge < -0.3 is 9.63 Å². The first kappa shape index (κ1) is 12.3. The fourth-order valence-corrected chi connectivity index (χ4v) is 1.30. The number of rotatable bonds is 2. The van der Waals surface area contributed by atoms with Crippen LogP contribution in [0.3, 0.4) is 0 Å². The Morgan fingerprint density at radius 3 is 2.56 bits per heavy atom. The highest BCUT2D eigenvalue weighted by Crippen LogP contribution is 2.30. The first-order valence-electron chi connectivity index (χ1n) is 5.51. The summed E-state index contributed by atoms with van der Waals surface area (Å²) < 4.78 is 5.17. The monoisotopic (exact) mass is 249 g/mol. The molecule has 0 saturated heterocycles. The number of aromatic hydroxyl groups is 1. The number of aromatic nitrogens is 3. The van der Waals surface area contributed by atoms with Gasteiger partial charge in [0.25, 0.3) is 0 Å². The molecule has 0 aromatic carbocycles. The minimum absolute atomic E-state index is 0.115. The highest BCUT2D eigenvalue weighted by atomic mass is 16.5. The Morgan fingerprint density at radius 2 is 2.06 bits per heavy atom. The van der Waals surface area contributed by atoms with Crippen molar-refractivity contribution in [2.24, 2.45) is 10.2 Å². The van der Waals surface area contributed by atoms with Crippen molar-refractivity contribution in [2.45, 2.75) is 33.1 Å². The Morgan fingerprint density at radius 1 is 1.33 bits per heavy atom. The molecule has 0 aliphatic heterocycles. The van der Waals surface area contributed by atoms with Crippen LogP contribution < -0.4 is 0 Å². The van der Waals surface area contributed by atoms with Gasteiger partial charge in [-0.3, -0.25) is 0 Å². The maximum Gasteiger partial charge on any atom is 0.235 e. The molecule has 0 bridgehead atoms. The summed E-state index contributed by atoms with van der Waals surface area (Å²) in [6.07, 6.45) is 0. The molecular weight excluding hydrogens is 234 g/mol. The first-order chi connectivity index (χ1) is 8.38. The summed E-state index contributed by atoms with van der Waals surface area (Å²) >= 11 is 0. The van der Waals surface area contributed by atoms with Crippen LogP contribution in [0.2, 0.25) is 0 Å². The lowest BCUT2D eigenvalue weighted by atomic mass is 9.93. The van der Waals surface area contributed by atoms with E-state index >= 15 is 0 Å². The van der Waals surface area contributed by atoms with Crippen molar-refractivity contribution < 1.29 is 9.63 Å². The number of nitrogens with one attached hydrogen (secondary N) is 1. The van der Waals surface area contributed by atoms with Crippen molar-refractivity contribution in [1.82, 2.24) is 15.4 Å². The van der Waals surface area contributed by atoms with Crippen LogP contribution in [0.25, 0.3) is 0 Å². The van der Waals surface area contributed by atoms with E-state index in [1.54, 1.807) is 13.0 Å². The molecule has 2 aromatic heterocycles. The molecule has 2 N–H and O–H groups in total. The van der Waals surface area contributed by atoms with Gasteiger partial charge in [-0.1, -0.05) is 25.9 Å². The average Bonchev–Trinajstić information content (AvgIpc) is 2.84. The molecule has 0 saturated carbocycles. The maximum atomic E-state index is 9.43. The van der Waals surface area contributed by atoms with Crippen LogP contribution in [0.5, 0.6) is 5.88 Å². The Bertz CT molecular complexity index is 557. The average molecular weight is 249 g/mol. The normalized spacial score (nSPS) is 12.4. The number of nitrogens with zero attached hydrogens (tertiary/aromatic N) is 4. The van der Waals surface area contributed by atoms with Crippen molar-refractivity contribution in [1.29, 1.82) is 0 Å². The standard InChI is InChI=1S/C11H15N5O2/c1-6-9(10(17)15-12-6)14-13-8-5-7(18-16-8)11(2,3)4/h5H,1-4H3,(H2,12,15,17)/b14-13+. The Hall–Kier alpha value is -2.18. The molecule has 18 heavy (non-hydrogen) atoms. The van der Waals surface area contributed by atoms with Crippen LogP contribution >= 0.6 is 0 Å². The van der Waals surface area contributed by atoms with Gasteiger partial charge in [0.2, 0.25) is 11.7 Å². The lowest BCUT2D eigenvalue weighted by Gasteiger charge is -2.11. The quantitative estimate of drug-likeness (QED) is 0.798. The first-order valence-corrected chi connectivity index (χ1v) is 5.51.